The molecule has 3 heterocycles. The minimum absolute atomic E-state index is 0.939. The molecular weight excluding hydrogens is 471 g/mol. The molecule has 6 aromatic rings. The lowest BCUT2D eigenvalue weighted by Gasteiger charge is -2.07. The number of nitrogens with zero attached hydrogens (tertiary/aromatic N) is 2. The average Bonchev–Trinajstić information content (AvgIpc) is 3.29. The summed E-state index contributed by atoms with van der Waals surface area (Å²) < 4.78 is 12.2. The molecule has 0 aliphatic carbocycles. The predicted octanol–water partition coefficient (Wildman–Crippen LogP) is 6.42. The Balaban J connectivity index is 1.96. The van der Waals surface area contributed by atoms with E-state index in [-0.39, 0.29) is 0 Å². The zero-order chi connectivity index (χ0) is 19.7. The van der Waals surface area contributed by atoms with Crippen molar-refractivity contribution in [3.63, 3.8) is 0 Å². The normalized spacial score (nSPS) is 12.0. The molecule has 0 saturated carbocycles. The lowest BCUT2D eigenvalue weighted by molar-refractivity contribution is -0.665. The molecule has 0 N–H and O–H groups in total. The number of furan rings is 1. The highest BCUT2D eigenvalue weighted by atomic mass is 127. The molecule has 0 bridgehead atoms. The van der Waals surface area contributed by atoms with Crippen LogP contribution in [0.4, 0.5) is 0 Å². The number of aromatic nitrogens is 2. The van der Waals surface area contributed by atoms with Crippen molar-refractivity contribution in [1.82, 2.24) is 4.57 Å². The van der Waals surface area contributed by atoms with Gasteiger partial charge in [0.15, 0.2) is 0 Å². The van der Waals surface area contributed by atoms with Crippen molar-refractivity contribution in [2.75, 3.05) is 0 Å². The number of rotatable bonds is 1. The second kappa shape index (κ2) is 6.07. The zero-order valence-corrected chi connectivity index (χ0v) is 18.3. The first-order chi connectivity index (χ1) is 14.2. The molecule has 0 saturated heterocycles. The van der Waals surface area contributed by atoms with Gasteiger partial charge in [-0.2, -0.15) is 4.57 Å². The smallest absolute Gasteiger partial charge is 0.286 e. The minimum Gasteiger partial charge on any atom is -0.455 e. The number of benzene rings is 3. The molecule has 0 radical (unpaired) electrons. The van der Waals surface area contributed by atoms with Gasteiger partial charge in [-0.15, -0.1) is 0 Å². The molecule has 0 aliphatic heterocycles. The Morgan fingerprint density at radius 3 is 2.41 bits per heavy atom. The van der Waals surface area contributed by atoms with Gasteiger partial charge < -0.3 is 4.42 Å². The van der Waals surface area contributed by atoms with Crippen LogP contribution in [-0.2, 0) is 7.05 Å². The van der Waals surface area contributed by atoms with Gasteiger partial charge in [0.1, 0.15) is 22.2 Å². The lowest BCUT2D eigenvalue weighted by Crippen LogP contribution is -2.33. The summed E-state index contributed by atoms with van der Waals surface area (Å²) in [6.07, 6.45) is 2.09. The number of pyridine rings is 1. The van der Waals surface area contributed by atoms with Crippen LogP contribution in [0.15, 0.2) is 77.3 Å². The Morgan fingerprint density at radius 2 is 1.59 bits per heavy atom. The van der Waals surface area contributed by atoms with Crippen molar-refractivity contribution >= 4 is 66.3 Å². The van der Waals surface area contributed by atoms with Crippen LogP contribution >= 0.6 is 22.6 Å². The highest BCUT2D eigenvalue weighted by Gasteiger charge is 2.28. The SMILES string of the molecule is Cc1c(I)c2c3ccccc3oc2c2c3ccccc3n(-c3cccc[n+]3C)c12. The molecule has 4 heteroatoms. The second-order valence-corrected chi connectivity index (χ2v) is 8.57. The third-order valence-corrected chi connectivity index (χ3v) is 7.21. The van der Waals surface area contributed by atoms with Gasteiger partial charge in [-0.3, -0.25) is 0 Å². The molecule has 0 spiro atoms. The van der Waals surface area contributed by atoms with Crippen molar-refractivity contribution in [2.45, 2.75) is 6.92 Å². The van der Waals surface area contributed by atoms with Crippen LogP contribution in [0.1, 0.15) is 5.56 Å². The van der Waals surface area contributed by atoms with Crippen LogP contribution in [0.25, 0.3) is 49.6 Å². The van der Waals surface area contributed by atoms with Crippen LogP contribution in [0.2, 0.25) is 0 Å². The average molecular weight is 489 g/mol. The first kappa shape index (κ1) is 17.0. The van der Waals surface area contributed by atoms with E-state index in [0.717, 1.165) is 17.0 Å². The van der Waals surface area contributed by atoms with E-state index in [9.17, 15) is 0 Å². The molecule has 0 fully saturated rings. The quantitative estimate of drug-likeness (QED) is 0.193. The monoisotopic (exact) mass is 489 g/mol. The van der Waals surface area contributed by atoms with E-state index >= 15 is 0 Å². The Morgan fingerprint density at radius 1 is 0.862 bits per heavy atom. The molecular formula is C25H18IN2O+. The Bertz CT molecular complexity index is 1590. The van der Waals surface area contributed by atoms with Crippen molar-refractivity contribution in [2.24, 2.45) is 7.05 Å². The van der Waals surface area contributed by atoms with E-state index < -0.39 is 0 Å². The molecule has 0 amide bonds. The van der Waals surface area contributed by atoms with Crippen molar-refractivity contribution < 1.29 is 8.98 Å². The summed E-state index contributed by atoms with van der Waals surface area (Å²) in [6, 6.07) is 23.3. The summed E-state index contributed by atoms with van der Waals surface area (Å²) in [5.74, 6) is 1.13. The van der Waals surface area contributed by atoms with Gasteiger partial charge in [-0.25, -0.2) is 4.57 Å². The van der Waals surface area contributed by atoms with E-state index in [2.05, 4.69) is 113 Å². The molecule has 140 valence electrons. The maximum atomic E-state index is 6.46. The van der Waals surface area contributed by atoms with E-state index in [1.165, 1.54) is 41.7 Å². The fourth-order valence-electron chi connectivity index (χ4n) is 4.54. The Labute approximate surface area is 181 Å². The molecule has 3 nitrogen and oxygen atoms in total. The fraction of sp³-hybridized carbons (Fsp3) is 0.0800. The largest absolute Gasteiger partial charge is 0.455 e. The first-order valence-electron chi connectivity index (χ1n) is 9.64. The van der Waals surface area contributed by atoms with Gasteiger partial charge in [0.25, 0.3) is 5.82 Å². The van der Waals surface area contributed by atoms with Gasteiger partial charge in [-0.1, -0.05) is 36.4 Å². The summed E-state index contributed by atoms with van der Waals surface area (Å²) in [7, 11) is 2.09. The van der Waals surface area contributed by atoms with Gasteiger partial charge in [-0.05, 0) is 53.8 Å². The third kappa shape index (κ3) is 2.20. The number of halogens is 1. The van der Waals surface area contributed by atoms with Gasteiger partial charge in [0.05, 0.1) is 18.6 Å². The van der Waals surface area contributed by atoms with Gasteiger partial charge in [0.2, 0.25) is 0 Å². The summed E-state index contributed by atoms with van der Waals surface area (Å²) in [5, 5.41) is 4.80. The summed E-state index contributed by atoms with van der Waals surface area (Å²) in [6.45, 7) is 2.23. The van der Waals surface area contributed by atoms with Crippen molar-refractivity contribution in [3.05, 3.63) is 82.1 Å². The van der Waals surface area contributed by atoms with Crippen LogP contribution in [0, 0.1) is 10.5 Å². The van der Waals surface area contributed by atoms with Crippen LogP contribution < -0.4 is 4.57 Å². The van der Waals surface area contributed by atoms with Crippen LogP contribution in [0.3, 0.4) is 0 Å². The zero-order valence-electron chi connectivity index (χ0n) is 16.1. The summed E-state index contributed by atoms with van der Waals surface area (Å²) >= 11 is 2.48. The van der Waals surface area contributed by atoms with Crippen molar-refractivity contribution in [1.29, 1.82) is 0 Å². The lowest BCUT2D eigenvalue weighted by atomic mass is 10.0. The molecule has 0 aliphatic rings. The highest BCUT2D eigenvalue weighted by molar-refractivity contribution is 14.1. The minimum atomic E-state index is 0.939. The molecule has 3 aromatic heterocycles. The maximum absolute atomic E-state index is 6.46. The van der Waals surface area contributed by atoms with E-state index in [1.807, 2.05) is 6.07 Å². The summed E-state index contributed by atoms with van der Waals surface area (Å²) in [5.41, 5.74) is 5.60. The topological polar surface area (TPSA) is 21.9 Å². The second-order valence-electron chi connectivity index (χ2n) is 7.49. The number of fused-ring (bicyclic) bond motifs is 7. The summed E-state index contributed by atoms with van der Waals surface area (Å²) in [4.78, 5) is 0. The van der Waals surface area contributed by atoms with E-state index in [1.54, 1.807) is 0 Å². The molecule has 0 unspecified atom stereocenters. The van der Waals surface area contributed by atoms with Gasteiger partial charge in [0, 0.05) is 31.4 Å². The third-order valence-electron chi connectivity index (χ3n) is 5.86. The predicted molar refractivity (Wildman–Crippen MR) is 127 cm³/mol. The highest BCUT2D eigenvalue weighted by Crippen LogP contribution is 2.44. The van der Waals surface area contributed by atoms with Crippen LogP contribution in [0.5, 0.6) is 0 Å². The number of para-hydroxylation sites is 2. The maximum Gasteiger partial charge on any atom is 0.286 e. The van der Waals surface area contributed by atoms with E-state index in [4.69, 9.17) is 4.42 Å². The Hall–Kier alpha value is -2.86. The standard InChI is InChI=1S/C25H18IN2O/c1-15-23(26)21-17-10-4-6-12-19(17)29-25(21)22-16-9-3-5-11-18(16)28(24(15)22)20-13-7-8-14-27(20)2/h3-14H,1-2H3/q+1. The molecule has 29 heavy (non-hydrogen) atoms. The fourth-order valence-corrected chi connectivity index (χ4v) is 5.33. The number of hydrogen-bond acceptors (Lipinski definition) is 1. The molecule has 3 aromatic carbocycles. The van der Waals surface area contributed by atoms with E-state index in [0.29, 0.717) is 0 Å². The first-order valence-corrected chi connectivity index (χ1v) is 10.7. The Kier molecular flexibility index (Phi) is 3.56. The van der Waals surface area contributed by atoms with Gasteiger partial charge >= 0.3 is 0 Å². The molecule has 6 rings (SSSR count). The number of hydrogen-bond donors (Lipinski definition) is 0. The number of aryl methyl sites for hydroxylation is 2. The molecule has 0 atom stereocenters. The van der Waals surface area contributed by atoms with Crippen molar-refractivity contribution in [3.8, 4) is 5.82 Å². The van der Waals surface area contributed by atoms with Crippen LogP contribution in [-0.4, -0.2) is 4.57 Å².